The van der Waals surface area contributed by atoms with Gasteiger partial charge in [0.2, 0.25) is 5.91 Å². The molecule has 1 atom stereocenters. The highest BCUT2D eigenvalue weighted by Gasteiger charge is 2.23. The largest absolute Gasteiger partial charge is 0.399 e. The molecule has 0 saturated heterocycles. The summed E-state index contributed by atoms with van der Waals surface area (Å²) in [5.41, 5.74) is 8.75. The molecule has 0 radical (unpaired) electrons. The van der Waals surface area contributed by atoms with Gasteiger partial charge in [-0.25, -0.2) is 0 Å². The second kappa shape index (κ2) is 8.03. The maximum atomic E-state index is 12.4. The van der Waals surface area contributed by atoms with E-state index in [4.69, 9.17) is 10.5 Å². The van der Waals surface area contributed by atoms with E-state index < -0.39 is 0 Å². The van der Waals surface area contributed by atoms with Gasteiger partial charge in [-0.2, -0.15) is 0 Å². The predicted octanol–water partition coefficient (Wildman–Crippen LogP) is 2.35. The summed E-state index contributed by atoms with van der Waals surface area (Å²) in [6.45, 7) is 6.92. The molecule has 1 aromatic carbocycles. The minimum atomic E-state index is -0.00386. The molecule has 124 valence electrons. The molecule has 5 nitrogen and oxygen atoms in total. The van der Waals surface area contributed by atoms with Gasteiger partial charge in [0.1, 0.15) is 6.61 Å². The minimum Gasteiger partial charge on any atom is -0.399 e. The SMILES string of the molecule is COCC(=O)N(Cc1cc(N)ccc1N(C)C)C(C)C(C)C. The van der Waals surface area contributed by atoms with E-state index >= 15 is 0 Å². The van der Waals surface area contributed by atoms with Gasteiger partial charge in [0, 0.05) is 45.2 Å². The molecule has 2 N–H and O–H groups in total. The summed E-state index contributed by atoms with van der Waals surface area (Å²) in [5, 5.41) is 0. The first kappa shape index (κ1) is 18.3. The van der Waals surface area contributed by atoms with Crippen LogP contribution in [-0.4, -0.2) is 44.7 Å². The molecule has 1 amide bonds. The van der Waals surface area contributed by atoms with Crippen LogP contribution in [0.5, 0.6) is 0 Å². The molecule has 0 spiro atoms. The highest BCUT2D eigenvalue weighted by molar-refractivity contribution is 5.78. The lowest BCUT2D eigenvalue weighted by Gasteiger charge is -2.33. The van der Waals surface area contributed by atoms with Crippen molar-refractivity contribution in [2.75, 3.05) is 38.4 Å². The number of nitrogen functional groups attached to an aromatic ring is 1. The van der Waals surface area contributed by atoms with Crippen LogP contribution in [0.15, 0.2) is 18.2 Å². The summed E-state index contributed by atoms with van der Waals surface area (Å²) in [6, 6.07) is 5.93. The van der Waals surface area contributed by atoms with E-state index in [0.717, 1.165) is 11.3 Å². The second-order valence-electron chi connectivity index (χ2n) is 6.22. The fourth-order valence-corrected chi connectivity index (χ4v) is 2.38. The fraction of sp³-hybridized carbons (Fsp3) is 0.588. The van der Waals surface area contributed by atoms with Gasteiger partial charge in [0.15, 0.2) is 0 Å². The third-order valence-electron chi connectivity index (χ3n) is 3.97. The predicted molar refractivity (Wildman–Crippen MR) is 91.9 cm³/mol. The monoisotopic (exact) mass is 307 g/mol. The average Bonchev–Trinajstić information content (AvgIpc) is 2.43. The van der Waals surface area contributed by atoms with Crippen molar-refractivity contribution < 1.29 is 9.53 Å². The second-order valence-corrected chi connectivity index (χ2v) is 6.22. The highest BCUT2D eigenvalue weighted by atomic mass is 16.5. The van der Waals surface area contributed by atoms with E-state index in [1.54, 1.807) is 7.11 Å². The van der Waals surface area contributed by atoms with Gasteiger partial charge in [0.25, 0.3) is 0 Å². The zero-order valence-electron chi connectivity index (χ0n) is 14.6. The van der Waals surface area contributed by atoms with Crippen molar-refractivity contribution in [3.05, 3.63) is 23.8 Å². The Hall–Kier alpha value is -1.75. The molecule has 0 heterocycles. The third-order valence-corrected chi connectivity index (χ3v) is 3.97. The number of carbonyl (C=O) groups excluding carboxylic acids is 1. The first-order valence-corrected chi connectivity index (χ1v) is 7.62. The van der Waals surface area contributed by atoms with Crippen LogP contribution in [0, 0.1) is 5.92 Å². The van der Waals surface area contributed by atoms with Crippen molar-refractivity contribution in [2.24, 2.45) is 5.92 Å². The first-order valence-electron chi connectivity index (χ1n) is 7.62. The first-order chi connectivity index (χ1) is 10.3. The summed E-state index contributed by atoms with van der Waals surface area (Å²) in [6.07, 6.45) is 0. The normalized spacial score (nSPS) is 12.3. The van der Waals surface area contributed by atoms with Crippen LogP contribution in [0.25, 0.3) is 0 Å². The van der Waals surface area contributed by atoms with Crippen molar-refractivity contribution in [1.82, 2.24) is 4.90 Å². The summed E-state index contributed by atoms with van der Waals surface area (Å²) < 4.78 is 5.03. The van der Waals surface area contributed by atoms with Crippen molar-refractivity contribution >= 4 is 17.3 Å². The number of nitrogens with zero attached hydrogens (tertiary/aromatic N) is 2. The molecule has 1 aromatic rings. The van der Waals surface area contributed by atoms with Gasteiger partial charge in [-0.1, -0.05) is 13.8 Å². The van der Waals surface area contributed by atoms with E-state index in [0.29, 0.717) is 18.2 Å². The van der Waals surface area contributed by atoms with Crippen LogP contribution in [0.1, 0.15) is 26.3 Å². The summed E-state index contributed by atoms with van der Waals surface area (Å²) in [4.78, 5) is 16.3. The molecule has 0 fully saturated rings. The van der Waals surface area contributed by atoms with Crippen molar-refractivity contribution in [2.45, 2.75) is 33.4 Å². The molecule has 5 heteroatoms. The van der Waals surface area contributed by atoms with Crippen molar-refractivity contribution in [3.63, 3.8) is 0 Å². The Morgan fingerprint density at radius 2 is 1.91 bits per heavy atom. The number of hydrogen-bond donors (Lipinski definition) is 1. The topological polar surface area (TPSA) is 58.8 Å². The van der Waals surface area contributed by atoms with E-state index in [-0.39, 0.29) is 18.6 Å². The number of methoxy groups -OCH3 is 1. The van der Waals surface area contributed by atoms with Crippen LogP contribution in [-0.2, 0) is 16.1 Å². The number of rotatable bonds is 7. The molecule has 0 bridgehead atoms. The van der Waals surface area contributed by atoms with Gasteiger partial charge in [0.05, 0.1) is 0 Å². The lowest BCUT2D eigenvalue weighted by atomic mass is 10.0. The molecule has 0 aromatic heterocycles. The number of nitrogens with two attached hydrogens (primary N) is 1. The molecular formula is C17H29N3O2. The van der Waals surface area contributed by atoms with E-state index in [9.17, 15) is 4.79 Å². The zero-order chi connectivity index (χ0) is 16.9. The number of anilines is 2. The van der Waals surface area contributed by atoms with Gasteiger partial charge in [-0.3, -0.25) is 4.79 Å². The third kappa shape index (κ3) is 4.63. The molecule has 0 saturated carbocycles. The lowest BCUT2D eigenvalue weighted by molar-refractivity contribution is -0.138. The molecule has 0 aliphatic heterocycles. The molecule has 1 unspecified atom stereocenters. The van der Waals surface area contributed by atoms with Crippen LogP contribution in [0.3, 0.4) is 0 Å². The van der Waals surface area contributed by atoms with E-state index in [1.807, 2.05) is 42.1 Å². The number of amides is 1. The fourth-order valence-electron chi connectivity index (χ4n) is 2.38. The van der Waals surface area contributed by atoms with Gasteiger partial charge in [-0.05, 0) is 36.6 Å². The minimum absolute atomic E-state index is 0.00386. The van der Waals surface area contributed by atoms with Crippen LogP contribution in [0.2, 0.25) is 0 Å². The molecule has 0 aliphatic rings. The van der Waals surface area contributed by atoms with Gasteiger partial charge in [-0.15, -0.1) is 0 Å². The van der Waals surface area contributed by atoms with E-state index in [2.05, 4.69) is 20.8 Å². The Kier molecular flexibility index (Phi) is 6.68. The number of benzene rings is 1. The Balaban J connectivity index is 3.13. The van der Waals surface area contributed by atoms with Gasteiger partial charge >= 0.3 is 0 Å². The summed E-state index contributed by atoms with van der Waals surface area (Å²) in [7, 11) is 5.52. The highest BCUT2D eigenvalue weighted by Crippen LogP contribution is 2.25. The molecule has 0 aliphatic carbocycles. The van der Waals surface area contributed by atoms with Crippen molar-refractivity contribution in [1.29, 1.82) is 0 Å². The lowest BCUT2D eigenvalue weighted by Crippen LogP contribution is -2.43. The molecule has 22 heavy (non-hydrogen) atoms. The summed E-state index contributed by atoms with van der Waals surface area (Å²) >= 11 is 0. The number of hydrogen-bond acceptors (Lipinski definition) is 4. The Bertz CT molecular complexity index is 501. The standard InChI is InChI=1S/C17H29N3O2/c1-12(2)13(3)20(17(21)11-22-6)10-14-9-15(18)7-8-16(14)19(4)5/h7-9,12-13H,10-11,18H2,1-6H3. The number of ether oxygens (including phenoxy) is 1. The zero-order valence-corrected chi connectivity index (χ0v) is 14.6. The quantitative estimate of drug-likeness (QED) is 0.786. The van der Waals surface area contributed by atoms with Crippen LogP contribution >= 0.6 is 0 Å². The molecule has 1 rings (SSSR count). The Labute approximate surface area is 134 Å². The Morgan fingerprint density at radius 1 is 1.27 bits per heavy atom. The van der Waals surface area contributed by atoms with E-state index in [1.165, 1.54) is 0 Å². The Morgan fingerprint density at radius 3 is 2.41 bits per heavy atom. The molecular weight excluding hydrogens is 278 g/mol. The van der Waals surface area contributed by atoms with Crippen LogP contribution in [0.4, 0.5) is 11.4 Å². The van der Waals surface area contributed by atoms with Crippen molar-refractivity contribution in [3.8, 4) is 0 Å². The number of carbonyl (C=O) groups is 1. The van der Waals surface area contributed by atoms with Crippen LogP contribution < -0.4 is 10.6 Å². The average molecular weight is 307 g/mol. The maximum Gasteiger partial charge on any atom is 0.249 e. The van der Waals surface area contributed by atoms with Gasteiger partial charge < -0.3 is 20.3 Å². The maximum absolute atomic E-state index is 12.4. The summed E-state index contributed by atoms with van der Waals surface area (Å²) in [5.74, 6) is 0.362. The smallest absolute Gasteiger partial charge is 0.249 e.